The number of hydrogen-bond donors (Lipinski definition) is 2. The first-order chi connectivity index (χ1) is 11.7. The van der Waals surface area contributed by atoms with Gasteiger partial charge in [-0.05, 0) is 37.1 Å². The molecule has 2 aromatic rings. The maximum absolute atomic E-state index is 12.3. The number of amides is 2. The molecule has 2 aromatic heterocycles. The van der Waals surface area contributed by atoms with Crippen molar-refractivity contribution in [1.29, 1.82) is 0 Å². The largest absolute Gasteiger partial charge is 0.346 e. The van der Waals surface area contributed by atoms with Gasteiger partial charge in [-0.25, -0.2) is 0 Å². The minimum atomic E-state index is -0.209. The summed E-state index contributed by atoms with van der Waals surface area (Å²) < 4.78 is 0. The molecule has 0 bridgehead atoms. The van der Waals surface area contributed by atoms with Gasteiger partial charge in [-0.1, -0.05) is 25.0 Å². The van der Waals surface area contributed by atoms with E-state index in [4.69, 9.17) is 0 Å². The van der Waals surface area contributed by atoms with Gasteiger partial charge in [0.05, 0.1) is 0 Å². The van der Waals surface area contributed by atoms with E-state index in [1.54, 1.807) is 48.8 Å². The fraction of sp³-hybridized carbons (Fsp3) is 0.333. The number of nitrogens with zero attached hydrogens (tertiary/aromatic N) is 2. The minimum absolute atomic E-state index is 0. The molecule has 1 aliphatic rings. The standard InChI is InChI=1S/C18H20N4O2.2FH/c23-17(15-9-3-5-11-19-15)21-13-7-1-2-8-14(13)22-18(24)16-10-4-6-12-20-16;;/h3-6,9-14H,1-2,7-8H2,(H,21,23)(H,22,24);2*1H. The summed E-state index contributed by atoms with van der Waals surface area (Å²) >= 11 is 0. The molecule has 8 heteroatoms. The lowest BCUT2D eigenvalue weighted by Gasteiger charge is -2.32. The molecule has 1 aliphatic carbocycles. The average Bonchev–Trinajstić information content (AvgIpc) is 2.64. The van der Waals surface area contributed by atoms with Crippen LogP contribution in [0.3, 0.4) is 0 Å². The van der Waals surface area contributed by atoms with Gasteiger partial charge in [0.2, 0.25) is 0 Å². The molecule has 1 saturated carbocycles. The molecule has 140 valence electrons. The molecule has 0 aromatic carbocycles. The minimum Gasteiger partial charge on any atom is -0.346 e. The number of pyridine rings is 2. The predicted octanol–water partition coefficient (Wildman–Crippen LogP) is 2.25. The molecule has 0 aliphatic heterocycles. The summed E-state index contributed by atoms with van der Waals surface area (Å²) in [6, 6.07) is 10.3. The van der Waals surface area contributed by atoms with Gasteiger partial charge in [0.1, 0.15) is 11.4 Å². The number of halogens is 2. The van der Waals surface area contributed by atoms with Crippen LogP contribution in [0.25, 0.3) is 0 Å². The molecule has 0 spiro atoms. The summed E-state index contributed by atoms with van der Waals surface area (Å²) in [4.78, 5) is 32.8. The Kier molecular flexibility index (Phi) is 8.27. The lowest BCUT2D eigenvalue weighted by Crippen LogP contribution is -2.53. The van der Waals surface area contributed by atoms with E-state index in [9.17, 15) is 9.59 Å². The van der Waals surface area contributed by atoms with Gasteiger partial charge in [0.15, 0.2) is 0 Å². The molecule has 0 radical (unpaired) electrons. The Balaban J connectivity index is 0.00000169. The normalized spacial score (nSPS) is 18.6. The maximum atomic E-state index is 12.3. The zero-order valence-electron chi connectivity index (χ0n) is 14.1. The fourth-order valence-corrected chi connectivity index (χ4v) is 2.96. The summed E-state index contributed by atoms with van der Waals surface area (Å²) in [5, 5.41) is 6.01. The van der Waals surface area contributed by atoms with E-state index in [0.29, 0.717) is 11.4 Å². The van der Waals surface area contributed by atoms with Gasteiger partial charge in [-0.3, -0.25) is 29.0 Å². The van der Waals surface area contributed by atoms with E-state index >= 15 is 0 Å². The van der Waals surface area contributed by atoms with Gasteiger partial charge in [0.25, 0.3) is 11.8 Å². The molecule has 2 amide bonds. The first kappa shape index (κ1) is 21.1. The number of aromatic nitrogens is 2. The van der Waals surface area contributed by atoms with Gasteiger partial charge in [-0.15, -0.1) is 0 Å². The van der Waals surface area contributed by atoms with E-state index in [2.05, 4.69) is 20.6 Å². The molecule has 2 N–H and O–H groups in total. The monoisotopic (exact) mass is 364 g/mol. The number of rotatable bonds is 4. The van der Waals surface area contributed by atoms with Crippen molar-refractivity contribution in [2.24, 2.45) is 0 Å². The predicted molar refractivity (Wildman–Crippen MR) is 94.5 cm³/mol. The van der Waals surface area contributed by atoms with Crippen LogP contribution in [-0.4, -0.2) is 33.9 Å². The second kappa shape index (κ2) is 10.2. The first-order valence-corrected chi connectivity index (χ1v) is 8.18. The summed E-state index contributed by atoms with van der Waals surface area (Å²) in [6.07, 6.45) is 6.93. The van der Waals surface area contributed by atoms with Crippen LogP contribution in [0.2, 0.25) is 0 Å². The highest BCUT2D eigenvalue weighted by Crippen LogP contribution is 2.19. The fourth-order valence-electron chi connectivity index (χ4n) is 2.96. The van der Waals surface area contributed by atoms with E-state index in [1.165, 1.54) is 0 Å². The highest BCUT2D eigenvalue weighted by Gasteiger charge is 2.28. The Morgan fingerprint density at radius 2 is 1.19 bits per heavy atom. The van der Waals surface area contributed by atoms with Crippen molar-refractivity contribution in [3.8, 4) is 0 Å². The van der Waals surface area contributed by atoms with Gasteiger partial charge in [0, 0.05) is 24.5 Å². The molecule has 26 heavy (non-hydrogen) atoms. The van der Waals surface area contributed by atoms with E-state index in [-0.39, 0.29) is 33.3 Å². The summed E-state index contributed by atoms with van der Waals surface area (Å²) in [6.45, 7) is 0. The quantitative estimate of drug-likeness (QED) is 0.872. The van der Waals surface area contributed by atoms with Crippen LogP contribution >= 0.6 is 0 Å². The zero-order chi connectivity index (χ0) is 16.8. The van der Waals surface area contributed by atoms with Crippen LogP contribution < -0.4 is 10.6 Å². The summed E-state index contributed by atoms with van der Waals surface area (Å²) in [7, 11) is 0. The number of carbonyl (C=O) groups is 2. The highest BCUT2D eigenvalue weighted by atomic mass is 19.0. The van der Waals surface area contributed by atoms with Gasteiger partial charge in [-0.2, -0.15) is 0 Å². The summed E-state index contributed by atoms with van der Waals surface area (Å²) in [5.41, 5.74) is 0.774. The van der Waals surface area contributed by atoms with Crippen molar-refractivity contribution in [2.45, 2.75) is 37.8 Å². The van der Waals surface area contributed by atoms with Crippen molar-refractivity contribution in [3.05, 3.63) is 60.2 Å². The third kappa shape index (κ3) is 5.30. The third-order valence-corrected chi connectivity index (χ3v) is 4.19. The molecule has 2 heterocycles. The number of carbonyl (C=O) groups excluding carboxylic acids is 2. The molecule has 3 rings (SSSR count). The van der Waals surface area contributed by atoms with Crippen molar-refractivity contribution in [2.75, 3.05) is 0 Å². The maximum Gasteiger partial charge on any atom is 0.270 e. The molecule has 1 fully saturated rings. The SMILES string of the molecule is F.F.O=C(NC1CCCCC1NC(=O)c1ccccn1)c1ccccn1. The molecular formula is C18H22F2N4O2. The lowest BCUT2D eigenvalue weighted by atomic mass is 9.90. The number of nitrogens with one attached hydrogen (secondary N) is 2. The topological polar surface area (TPSA) is 84.0 Å². The third-order valence-electron chi connectivity index (χ3n) is 4.19. The second-order valence-corrected chi connectivity index (χ2v) is 5.87. The highest BCUT2D eigenvalue weighted by molar-refractivity contribution is 5.93. The van der Waals surface area contributed by atoms with Crippen LogP contribution in [0, 0.1) is 0 Å². The van der Waals surface area contributed by atoms with Crippen LogP contribution in [0.1, 0.15) is 46.7 Å². The molecule has 2 unspecified atom stereocenters. The summed E-state index contributed by atoms with van der Waals surface area (Å²) in [5.74, 6) is -0.417. The molecule has 6 nitrogen and oxygen atoms in total. The second-order valence-electron chi connectivity index (χ2n) is 5.87. The van der Waals surface area contributed by atoms with E-state index < -0.39 is 0 Å². The van der Waals surface area contributed by atoms with Crippen molar-refractivity contribution < 1.29 is 19.0 Å². The van der Waals surface area contributed by atoms with Crippen LogP contribution in [0.5, 0.6) is 0 Å². The Hall–Kier alpha value is -2.90. The van der Waals surface area contributed by atoms with E-state index in [0.717, 1.165) is 25.7 Å². The number of hydrogen-bond acceptors (Lipinski definition) is 4. The molecular weight excluding hydrogens is 342 g/mol. The Morgan fingerprint density at radius 3 is 1.54 bits per heavy atom. The Labute approximate surface area is 150 Å². The van der Waals surface area contributed by atoms with Crippen molar-refractivity contribution >= 4 is 11.8 Å². The van der Waals surface area contributed by atoms with E-state index in [1.807, 2.05) is 0 Å². The van der Waals surface area contributed by atoms with Gasteiger partial charge >= 0.3 is 0 Å². The van der Waals surface area contributed by atoms with Crippen LogP contribution in [0.15, 0.2) is 48.8 Å². The van der Waals surface area contributed by atoms with Crippen LogP contribution in [0.4, 0.5) is 9.41 Å². The van der Waals surface area contributed by atoms with Gasteiger partial charge < -0.3 is 10.6 Å². The zero-order valence-corrected chi connectivity index (χ0v) is 14.1. The lowest BCUT2D eigenvalue weighted by molar-refractivity contribution is 0.0857. The first-order valence-electron chi connectivity index (χ1n) is 8.18. The smallest absolute Gasteiger partial charge is 0.270 e. The molecule has 0 saturated heterocycles. The Morgan fingerprint density at radius 1 is 0.769 bits per heavy atom. The Bertz CT molecular complexity index is 639. The average molecular weight is 364 g/mol. The van der Waals surface area contributed by atoms with Crippen molar-refractivity contribution in [3.63, 3.8) is 0 Å². The van der Waals surface area contributed by atoms with Crippen LogP contribution in [-0.2, 0) is 0 Å². The van der Waals surface area contributed by atoms with Crippen molar-refractivity contribution in [1.82, 2.24) is 20.6 Å². The molecule has 2 atom stereocenters.